The van der Waals surface area contributed by atoms with E-state index < -0.39 is 5.60 Å². The van der Waals surface area contributed by atoms with Gasteiger partial charge >= 0.3 is 6.09 Å². The van der Waals surface area contributed by atoms with Crippen molar-refractivity contribution in [2.24, 2.45) is 5.92 Å². The van der Waals surface area contributed by atoms with Gasteiger partial charge in [-0.25, -0.2) is 4.79 Å². The van der Waals surface area contributed by atoms with Crippen molar-refractivity contribution in [3.8, 4) is 0 Å². The van der Waals surface area contributed by atoms with Crippen molar-refractivity contribution in [3.63, 3.8) is 0 Å². The summed E-state index contributed by atoms with van der Waals surface area (Å²) in [6.45, 7) is 12.2. The maximum Gasteiger partial charge on any atom is 0.410 e. The summed E-state index contributed by atoms with van der Waals surface area (Å²) in [7, 11) is 0. The summed E-state index contributed by atoms with van der Waals surface area (Å²) in [6.07, 6.45) is 2.49. The first-order valence-corrected chi connectivity index (χ1v) is 8.65. The van der Waals surface area contributed by atoms with E-state index in [1.807, 2.05) is 20.8 Å². The Morgan fingerprint density at radius 1 is 1.22 bits per heavy atom. The van der Waals surface area contributed by atoms with Crippen molar-refractivity contribution in [3.05, 3.63) is 0 Å². The Morgan fingerprint density at radius 3 is 2.52 bits per heavy atom. The highest BCUT2D eigenvalue weighted by Gasteiger charge is 2.25. The zero-order valence-electron chi connectivity index (χ0n) is 15.3. The molecule has 1 saturated heterocycles. The molecule has 0 bridgehead atoms. The molecule has 0 aromatic rings. The largest absolute Gasteiger partial charge is 0.444 e. The Hall–Kier alpha value is -1.30. The maximum absolute atomic E-state index is 12.1. The standard InChI is InChI=1S/C17H33N3O3/c1-13(2)11-19-15(21)12-18-14-7-6-9-20(10-8-14)16(22)23-17(3,4)5/h13-14,18H,6-12H2,1-5H3,(H,19,21). The van der Waals surface area contributed by atoms with Crippen molar-refractivity contribution in [1.29, 1.82) is 0 Å². The van der Waals surface area contributed by atoms with E-state index in [1.54, 1.807) is 4.90 Å². The van der Waals surface area contributed by atoms with Crippen LogP contribution >= 0.6 is 0 Å². The Balaban J connectivity index is 2.32. The van der Waals surface area contributed by atoms with E-state index in [0.29, 0.717) is 32.1 Å². The van der Waals surface area contributed by atoms with Crippen molar-refractivity contribution in [2.75, 3.05) is 26.2 Å². The predicted octanol–water partition coefficient (Wildman–Crippen LogP) is 2.14. The molecule has 1 unspecified atom stereocenters. The molecule has 0 spiro atoms. The van der Waals surface area contributed by atoms with Crippen LogP contribution in [0.3, 0.4) is 0 Å². The van der Waals surface area contributed by atoms with Crippen LogP contribution in [-0.2, 0) is 9.53 Å². The van der Waals surface area contributed by atoms with Gasteiger partial charge in [0.05, 0.1) is 6.54 Å². The maximum atomic E-state index is 12.1. The van der Waals surface area contributed by atoms with Gasteiger partial charge in [0.25, 0.3) is 0 Å². The molecule has 6 heteroatoms. The van der Waals surface area contributed by atoms with Crippen molar-refractivity contribution in [2.45, 2.75) is 65.5 Å². The number of nitrogens with zero attached hydrogens (tertiary/aromatic N) is 1. The van der Waals surface area contributed by atoms with Crippen LogP contribution in [0, 0.1) is 5.92 Å². The first-order chi connectivity index (χ1) is 10.7. The minimum absolute atomic E-state index is 0.0342. The first kappa shape index (κ1) is 19.7. The zero-order valence-corrected chi connectivity index (χ0v) is 15.3. The van der Waals surface area contributed by atoms with Crippen LogP contribution in [0.15, 0.2) is 0 Å². The lowest BCUT2D eigenvalue weighted by molar-refractivity contribution is -0.120. The third-order valence-corrected chi connectivity index (χ3v) is 3.64. The molecule has 0 aliphatic carbocycles. The molecule has 0 aromatic heterocycles. The zero-order chi connectivity index (χ0) is 17.5. The molecule has 6 nitrogen and oxygen atoms in total. The van der Waals surface area contributed by atoms with Gasteiger partial charge in [0, 0.05) is 25.7 Å². The van der Waals surface area contributed by atoms with Crippen LogP contribution in [-0.4, -0.2) is 54.7 Å². The third-order valence-electron chi connectivity index (χ3n) is 3.64. The van der Waals surface area contributed by atoms with Crippen LogP contribution in [0.2, 0.25) is 0 Å². The normalized spacial score (nSPS) is 19.4. The summed E-state index contributed by atoms with van der Waals surface area (Å²) >= 11 is 0. The van der Waals surface area contributed by atoms with Crippen LogP contribution in [0.5, 0.6) is 0 Å². The van der Waals surface area contributed by atoms with Gasteiger partial charge in [-0.3, -0.25) is 4.79 Å². The Labute approximate surface area is 140 Å². The van der Waals surface area contributed by atoms with E-state index in [0.717, 1.165) is 19.3 Å². The molecule has 1 rings (SSSR count). The lowest BCUT2D eigenvalue weighted by Gasteiger charge is -2.26. The molecular weight excluding hydrogens is 294 g/mol. The van der Waals surface area contributed by atoms with E-state index in [-0.39, 0.29) is 18.0 Å². The Morgan fingerprint density at radius 2 is 1.91 bits per heavy atom. The molecule has 1 aliphatic rings. The Bertz CT molecular complexity index is 391. The van der Waals surface area contributed by atoms with Gasteiger partial charge in [-0.1, -0.05) is 13.8 Å². The molecule has 1 heterocycles. The minimum atomic E-state index is -0.463. The highest BCUT2D eigenvalue weighted by atomic mass is 16.6. The van der Waals surface area contributed by atoms with Gasteiger partial charge in [-0.15, -0.1) is 0 Å². The molecule has 134 valence electrons. The highest BCUT2D eigenvalue weighted by Crippen LogP contribution is 2.15. The monoisotopic (exact) mass is 327 g/mol. The summed E-state index contributed by atoms with van der Waals surface area (Å²) in [4.78, 5) is 25.6. The molecule has 1 fully saturated rings. The van der Waals surface area contributed by atoms with E-state index in [1.165, 1.54) is 0 Å². The predicted molar refractivity (Wildman–Crippen MR) is 91.3 cm³/mol. The van der Waals surface area contributed by atoms with Crippen molar-refractivity contribution < 1.29 is 14.3 Å². The fourth-order valence-corrected chi connectivity index (χ4v) is 2.43. The summed E-state index contributed by atoms with van der Waals surface area (Å²) in [6, 6.07) is 0.271. The highest BCUT2D eigenvalue weighted by molar-refractivity contribution is 5.78. The second kappa shape index (κ2) is 9.11. The molecule has 1 aliphatic heterocycles. The molecule has 0 radical (unpaired) electrons. The SMILES string of the molecule is CC(C)CNC(=O)CNC1CCCN(C(=O)OC(C)(C)C)CC1. The first-order valence-electron chi connectivity index (χ1n) is 8.65. The van der Waals surface area contributed by atoms with E-state index >= 15 is 0 Å². The summed E-state index contributed by atoms with van der Waals surface area (Å²) in [5.41, 5.74) is -0.463. The van der Waals surface area contributed by atoms with E-state index in [4.69, 9.17) is 4.74 Å². The smallest absolute Gasteiger partial charge is 0.410 e. The minimum Gasteiger partial charge on any atom is -0.444 e. The van der Waals surface area contributed by atoms with Gasteiger partial charge in [0.15, 0.2) is 0 Å². The van der Waals surface area contributed by atoms with Gasteiger partial charge < -0.3 is 20.3 Å². The van der Waals surface area contributed by atoms with Crippen LogP contribution in [0.25, 0.3) is 0 Å². The summed E-state index contributed by atoms with van der Waals surface area (Å²) < 4.78 is 5.42. The van der Waals surface area contributed by atoms with E-state index in [9.17, 15) is 9.59 Å². The van der Waals surface area contributed by atoms with E-state index in [2.05, 4.69) is 24.5 Å². The molecule has 2 N–H and O–H groups in total. The molecular formula is C17H33N3O3. The number of hydrogen-bond donors (Lipinski definition) is 2. The molecule has 0 aromatic carbocycles. The number of carbonyl (C=O) groups is 2. The number of carbonyl (C=O) groups excluding carboxylic acids is 2. The van der Waals surface area contributed by atoms with Crippen LogP contribution < -0.4 is 10.6 Å². The van der Waals surface area contributed by atoms with Crippen molar-refractivity contribution >= 4 is 12.0 Å². The van der Waals surface area contributed by atoms with Crippen LogP contribution in [0.4, 0.5) is 4.79 Å². The number of nitrogens with one attached hydrogen (secondary N) is 2. The van der Waals surface area contributed by atoms with Crippen molar-refractivity contribution in [1.82, 2.24) is 15.5 Å². The number of rotatable bonds is 5. The van der Waals surface area contributed by atoms with Gasteiger partial charge in [0.2, 0.25) is 5.91 Å². The summed E-state index contributed by atoms with van der Waals surface area (Å²) in [5, 5.41) is 6.21. The fraction of sp³-hybridized carbons (Fsp3) is 0.882. The molecule has 0 saturated carbocycles. The number of amides is 2. The number of likely N-dealkylation sites (tertiary alicyclic amines) is 1. The molecule has 23 heavy (non-hydrogen) atoms. The second-order valence-electron chi connectivity index (χ2n) is 7.67. The van der Waals surface area contributed by atoms with Gasteiger partial charge in [-0.05, 0) is 46.0 Å². The fourth-order valence-electron chi connectivity index (χ4n) is 2.43. The third kappa shape index (κ3) is 8.79. The average molecular weight is 327 g/mol. The lowest BCUT2D eigenvalue weighted by atomic mass is 10.1. The van der Waals surface area contributed by atoms with Gasteiger partial charge in [0.1, 0.15) is 5.60 Å². The quantitative estimate of drug-likeness (QED) is 0.811. The number of hydrogen-bond acceptors (Lipinski definition) is 4. The number of ether oxygens (including phenoxy) is 1. The topological polar surface area (TPSA) is 70.7 Å². The molecule has 1 atom stereocenters. The lowest BCUT2D eigenvalue weighted by Crippen LogP contribution is -2.41. The second-order valence-corrected chi connectivity index (χ2v) is 7.67. The van der Waals surface area contributed by atoms with Crippen LogP contribution in [0.1, 0.15) is 53.9 Å². The summed E-state index contributed by atoms with van der Waals surface area (Å²) in [5.74, 6) is 0.492. The van der Waals surface area contributed by atoms with Gasteiger partial charge in [-0.2, -0.15) is 0 Å². The average Bonchev–Trinajstić information content (AvgIpc) is 2.66. The Kier molecular flexibility index (Phi) is 7.82. The molecule has 2 amide bonds.